The second-order valence-electron chi connectivity index (χ2n) is 18.5. The first-order valence-electron chi connectivity index (χ1n) is 20.3. The molecule has 9 aromatic rings. The Bertz CT molecular complexity index is 2840. The number of H-pyrrole nitrogens is 1. The normalized spacial score (nSPS) is 12.9. The van der Waals surface area contributed by atoms with Crippen LogP contribution in [0, 0.1) is 27.7 Å². The summed E-state index contributed by atoms with van der Waals surface area (Å²) in [6, 6.07) is 33.5. The topological polar surface area (TPSA) is 25.6 Å². The predicted molar refractivity (Wildman–Crippen MR) is 240 cm³/mol. The van der Waals surface area contributed by atoms with Crippen LogP contribution < -0.4 is 0 Å². The third-order valence-corrected chi connectivity index (χ3v) is 12.3. The maximum atomic E-state index is 4.18. The molecule has 3 aromatic heterocycles. The van der Waals surface area contributed by atoms with Gasteiger partial charge in [-0.05, 0) is 147 Å². The molecule has 0 fully saturated rings. The van der Waals surface area contributed by atoms with Crippen LogP contribution in [0.3, 0.4) is 0 Å². The molecule has 0 unspecified atom stereocenters. The van der Waals surface area contributed by atoms with Gasteiger partial charge in [-0.25, -0.2) is 0 Å². The van der Waals surface area contributed by atoms with Gasteiger partial charge in [-0.2, -0.15) is 0 Å². The molecule has 0 aliphatic heterocycles. The molecule has 3 heterocycles. The van der Waals surface area contributed by atoms with Gasteiger partial charge in [0.1, 0.15) is 0 Å². The van der Waals surface area contributed by atoms with Crippen molar-refractivity contribution in [1.29, 1.82) is 0 Å². The molecule has 0 saturated carbocycles. The van der Waals surface area contributed by atoms with E-state index >= 15 is 0 Å². The largest absolute Gasteiger partial charge is 0.353 e. The second-order valence-corrected chi connectivity index (χ2v) is 18.5. The zero-order valence-corrected chi connectivity index (χ0v) is 34.9. The third-order valence-electron chi connectivity index (χ3n) is 12.3. The summed E-state index contributed by atoms with van der Waals surface area (Å²) in [6.07, 6.45) is 0. The van der Waals surface area contributed by atoms with Crippen molar-refractivity contribution in [1.82, 2.24) is 14.1 Å². The molecular formula is C52H55N3. The molecule has 3 nitrogen and oxygen atoms in total. The second kappa shape index (κ2) is 12.1. The van der Waals surface area contributed by atoms with Gasteiger partial charge in [-0.1, -0.05) is 64.8 Å². The summed E-state index contributed by atoms with van der Waals surface area (Å²) in [5.41, 5.74) is 20.6. The first-order valence-corrected chi connectivity index (χ1v) is 20.3. The van der Waals surface area contributed by atoms with E-state index in [9.17, 15) is 0 Å². The molecule has 0 amide bonds. The molecular weight excluding hydrogens is 667 g/mol. The van der Waals surface area contributed by atoms with Crippen LogP contribution in [0.25, 0.3) is 87.7 Å². The Kier molecular flexibility index (Phi) is 7.80. The lowest BCUT2D eigenvalue weighted by molar-refractivity contribution is 0.590. The lowest BCUT2D eigenvalue weighted by Gasteiger charge is -2.22. The van der Waals surface area contributed by atoms with Crippen LogP contribution >= 0.6 is 0 Å². The molecule has 1 N–H and O–H groups in total. The smallest absolute Gasteiger partial charge is 0.0571 e. The maximum Gasteiger partial charge on any atom is 0.0571 e. The zero-order valence-electron chi connectivity index (χ0n) is 34.9. The number of aryl methyl sites for hydroxylation is 6. The summed E-state index contributed by atoms with van der Waals surface area (Å²) < 4.78 is 5.07. The number of aromatic amines is 1. The molecule has 6 aromatic carbocycles. The molecule has 278 valence electrons. The van der Waals surface area contributed by atoms with Gasteiger partial charge < -0.3 is 14.1 Å². The molecule has 0 aliphatic rings. The molecule has 0 bridgehead atoms. The van der Waals surface area contributed by atoms with Crippen molar-refractivity contribution in [2.45, 2.75) is 107 Å². The monoisotopic (exact) mass is 721 g/mol. The van der Waals surface area contributed by atoms with Crippen LogP contribution in [-0.4, -0.2) is 14.1 Å². The fraction of sp³-hybridized carbons (Fsp3) is 0.308. The summed E-state index contributed by atoms with van der Waals surface area (Å²) in [4.78, 5) is 4.18. The van der Waals surface area contributed by atoms with Gasteiger partial charge in [-0.3, -0.25) is 0 Å². The quantitative estimate of drug-likeness (QED) is 0.187. The van der Waals surface area contributed by atoms with Crippen LogP contribution in [0.4, 0.5) is 0 Å². The predicted octanol–water partition coefficient (Wildman–Crippen LogP) is 14.7. The highest BCUT2D eigenvalue weighted by Gasteiger charge is 2.26. The van der Waals surface area contributed by atoms with Gasteiger partial charge in [0.2, 0.25) is 0 Å². The minimum Gasteiger partial charge on any atom is -0.353 e. The van der Waals surface area contributed by atoms with E-state index in [4.69, 9.17) is 0 Å². The van der Waals surface area contributed by atoms with E-state index in [2.05, 4.69) is 182 Å². The maximum absolute atomic E-state index is 4.18. The Balaban J connectivity index is 1.47. The molecule has 0 saturated heterocycles. The lowest BCUT2D eigenvalue weighted by atomic mass is 9.82. The number of nitrogens with zero attached hydrogens (tertiary/aromatic N) is 2. The Morgan fingerprint density at radius 2 is 0.800 bits per heavy atom. The van der Waals surface area contributed by atoms with E-state index in [1.807, 2.05) is 0 Å². The number of benzene rings is 6. The number of aromatic nitrogens is 3. The number of rotatable bonds is 4. The number of nitrogens with one attached hydrogen (secondary N) is 1. The zero-order chi connectivity index (χ0) is 38.9. The molecule has 0 aliphatic carbocycles. The van der Waals surface area contributed by atoms with Gasteiger partial charge in [0.05, 0.1) is 22.1 Å². The van der Waals surface area contributed by atoms with Crippen molar-refractivity contribution in [3.63, 3.8) is 0 Å². The third kappa shape index (κ3) is 5.37. The van der Waals surface area contributed by atoms with E-state index < -0.39 is 0 Å². The van der Waals surface area contributed by atoms with Gasteiger partial charge in [-0.15, -0.1) is 0 Å². The Morgan fingerprint density at radius 1 is 0.418 bits per heavy atom. The Labute approximate surface area is 326 Å². The summed E-state index contributed by atoms with van der Waals surface area (Å²) in [7, 11) is 0. The minimum atomic E-state index is -0.0442. The highest BCUT2D eigenvalue weighted by molar-refractivity contribution is 6.21. The van der Waals surface area contributed by atoms with Gasteiger partial charge in [0.25, 0.3) is 0 Å². The van der Waals surface area contributed by atoms with Crippen LogP contribution in [0.1, 0.15) is 88.8 Å². The summed E-state index contributed by atoms with van der Waals surface area (Å²) in [5.74, 6) is 0. The lowest BCUT2D eigenvalue weighted by Crippen LogP contribution is -2.11. The minimum absolute atomic E-state index is 0.0442. The van der Waals surface area contributed by atoms with Crippen LogP contribution in [0.15, 0.2) is 84.9 Å². The van der Waals surface area contributed by atoms with Crippen molar-refractivity contribution < 1.29 is 0 Å². The van der Waals surface area contributed by atoms with E-state index in [1.165, 1.54) is 121 Å². The highest BCUT2D eigenvalue weighted by Crippen LogP contribution is 2.47. The number of fused-ring (bicyclic) bond motifs is 9. The Morgan fingerprint density at radius 3 is 1.16 bits per heavy atom. The molecule has 9 rings (SSSR count). The van der Waals surface area contributed by atoms with Gasteiger partial charge in [0.15, 0.2) is 0 Å². The standard InChI is InChI=1S/C52H55N3/c1-13-54-45-17-15-29(3)19-35(45)41-21-31(5)23-43(49(41)54)39-27-33(51(7,8)9)25-37-38-26-34(52(10,11)12)28-40(48(38)53-47(37)39)44-24-32(6)22-42-36-20-30(4)16-18-46(36)55(14-2)50(42)44/h15-28,53H,13-14H2,1-12H3. The van der Waals surface area contributed by atoms with Crippen molar-refractivity contribution in [3.05, 3.63) is 118 Å². The van der Waals surface area contributed by atoms with Crippen molar-refractivity contribution >= 4 is 65.4 Å². The van der Waals surface area contributed by atoms with Crippen LogP contribution in [0.2, 0.25) is 0 Å². The fourth-order valence-corrected chi connectivity index (χ4v) is 9.45. The first kappa shape index (κ1) is 35.4. The summed E-state index contributed by atoms with van der Waals surface area (Å²) >= 11 is 0. The van der Waals surface area contributed by atoms with E-state index in [0.717, 1.165) is 13.1 Å². The average Bonchev–Trinajstić information content (AvgIpc) is 3.76. The molecule has 0 radical (unpaired) electrons. The van der Waals surface area contributed by atoms with Gasteiger partial charge >= 0.3 is 0 Å². The van der Waals surface area contributed by atoms with Crippen LogP contribution in [-0.2, 0) is 23.9 Å². The van der Waals surface area contributed by atoms with E-state index in [-0.39, 0.29) is 10.8 Å². The molecule has 55 heavy (non-hydrogen) atoms. The summed E-state index contributed by atoms with van der Waals surface area (Å²) in [6.45, 7) is 29.4. The summed E-state index contributed by atoms with van der Waals surface area (Å²) in [5, 5.41) is 7.94. The SMILES string of the molecule is CCn1c2ccc(C)cc2c2cc(C)cc(-c3cc(C(C)(C)C)cc4c3[nH]c3c(-c5cc(C)cc6c7cc(C)ccc7n(CC)c56)cc(C(C)(C)C)cc34)c21. The molecule has 0 spiro atoms. The number of hydrogen-bond acceptors (Lipinski definition) is 0. The Hall–Kier alpha value is -5.28. The van der Waals surface area contributed by atoms with E-state index in [1.54, 1.807) is 0 Å². The number of hydrogen-bond donors (Lipinski definition) is 1. The van der Waals surface area contributed by atoms with Crippen molar-refractivity contribution in [3.8, 4) is 22.3 Å². The molecule has 3 heteroatoms. The van der Waals surface area contributed by atoms with Crippen molar-refractivity contribution in [2.24, 2.45) is 0 Å². The van der Waals surface area contributed by atoms with Gasteiger partial charge in [0, 0.05) is 78.7 Å². The highest BCUT2D eigenvalue weighted by atomic mass is 15.0. The van der Waals surface area contributed by atoms with E-state index in [0.29, 0.717) is 0 Å². The molecule has 0 atom stereocenters. The van der Waals surface area contributed by atoms with Crippen molar-refractivity contribution in [2.75, 3.05) is 0 Å². The average molecular weight is 722 g/mol. The fourth-order valence-electron chi connectivity index (χ4n) is 9.45. The first-order chi connectivity index (χ1) is 26.1. The van der Waals surface area contributed by atoms with Crippen LogP contribution in [0.5, 0.6) is 0 Å².